The summed E-state index contributed by atoms with van der Waals surface area (Å²) in [6.45, 7) is 5.34. The van der Waals surface area contributed by atoms with E-state index in [9.17, 15) is 13.2 Å². The Balaban J connectivity index is 1.41. The first-order valence-corrected chi connectivity index (χ1v) is 16.6. The molecule has 3 aromatic carbocycles. The van der Waals surface area contributed by atoms with Gasteiger partial charge in [0.2, 0.25) is 10.0 Å². The molecule has 0 aromatic heterocycles. The van der Waals surface area contributed by atoms with Crippen molar-refractivity contribution in [3.8, 4) is 0 Å². The fraction of sp³-hybridized carbons (Fsp3) is 0.441. The van der Waals surface area contributed by atoms with E-state index in [1.54, 1.807) is 31.3 Å². The second-order valence-electron chi connectivity index (χ2n) is 11.2. The highest BCUT2D eigenvalue weighted by Crippen LogP contribution is 2.28. The summed E-state index contributed by atoms with van der Waals surface area (Å²) in [5, 5.41) is 3.69. The van der Waals surface area contributed by atoms with E-state index < -0.39 is 10.0 Å². The van der Waals surface area contributed by atoms with Gasteiger partial charge in [-0.1, -0.05) is 92.2 Å². The van der Waals surface area contributed by atoms with E-state index in [2.05, 4.69) is 29.3 Å². The van der Waals surface area contributed by atoms with E-state index in [1.807, 2.05) is 54.6 Å². The van der Waals surface area contributed by atoms with Crippen molar-refractivity contribution in [3.63, 3.8) is 0 Å². The van der Waals surface area contributed by atoms with Crippen LogP contribution in [0.5, 0.6) is 0 Å². The molecule has 3 unspecified atom stereocenters. The molecule has 1 saturated heterocycles. The molecule has 3 aromatic rings. The summed E-state index contributed by atoms with van der Waals surface area (Å²) in [7, 11) is -1.93. The molecule has 1 fully saturated rings. The van der Waals surface area contributed by atoms with Crippen molar-refractivity contribution >= 4 is 16.0 Å². The van der Waals surface area contributed by atoms with Gasteiger partial charge in [0.25, 0.3) is 0 Å². The number of benzene rings is 3. The maximum atomic E-state index is 13.3. The van der Waals surface area contributed by atoms with Crippen molar-refractivity contribution in [2.75, 3.05) is 33.2 Å². The molecule has 0 saturated carbocycles. The number of nitrogens with zero attached hydrogens (tertiary/aromatic N) is 2. The normalized spacial score (nSPS) is 18.5. The number of hydrogen-bond acceptors (Lipinski definition) is 6. The smallest absolute Gasteiger partial charge is 0.309 e. The van der Waals surface area contributed by atoms with Crippen molar-refractivity contribution in [2.24, 2.45) is 5.92 Å². The van der Waals surface area contributed by atoms with Crippen LogP contribution in [0.3, 0.4) is 0 Å². The van der Waals surface area contributed by atoms with E-state index >= 15 is 0 Å². The number of sulfonamides is 1. The lowest BCUT2D eigenvalue weighted by atomic mass is 9.92. The van der Waals surface area contributed by atoms with Crippen LogP contribution in [-0.4, -0.2) is 63.0 Å². The Kier molecular flexibility index (Phi) is 12.1. The molecule has 7 nitrogen and oxygen atoms in total. The third-order valence-electron chi connectivity index (χ3n) is 8.15. The van der Waals surface area contributed by atoms with Gasteiger partial charge < -0.3 is 10.1 Å². The van der Waals surface area contributed by atoms with Crippen LogP contribution in [0.1, 0.15) is 56.1 Å². The molecule has 3 atom stereocenters. The van der Waals surface area contributed by atoms with E-state index in [0.29, 0.717) is 24.5 Å². The first-order valence-electron chi connectivity index (χ1n) is 15.1. The number of rotatable bonds is 15. The standard InChI is InChI=1S/C34H45N3O4S/c1-3-4-22-35-33-25-30(34(38)41-27-28-14-8-5-9-15-28)20-23-37(33)24-21-31(29-16-10-6-11-17-29)26-36(2)42(39,40)32-18-12-7-13-19-32/h5-19,30-31,33,35H,3-4,20-27H2,1-2H3. The molecule has 0 spiro atoms. The molecule has 0 aliphatic carbocycles. The molecule has 42 heavy (non-hydrogen) atoms. The van der Waals surface area contributed by atoms with Crippen LogP contribution in [-0.2, 0) is 26.2 Å². The molecule has 8 heteroatoms. The van der Waals surface area contributed by atoms with Crippen LogP contribution in [0, 0.1) is 5.92 Å². The zero-order valence-electron chi connectivity index (χ0n) is 24.9. The van der Waals surface area contributed by atoms with Crippen molar-refractivity contribution < 1.29 is 17.9 Å². The van der Waals surface area contributed by atoms with Crippen LogP contribution in [0.25, 0.3) is 0 Å². The van der Waals surface area contributed by atoms with Gasteiger partial charge in [-0.2, -0.15) is 0 Å². The molecule has 0 bridgehead atoms. The first-order chi connectivity index (χ1) is 20.4. The van der Waals surface area contributed by atoms with Gasteiger partial charge in [0, 0.05) is 26.7 Å². The minimum absolute atomic E-state index is 0.0274. The van der Waals surface area contributed by atoms with Gasteiger partial charge in [0.05, 0.1) is 17.0 Å². The Hall–Kier alpha value is -3.04. The Morgan fingerprint density at radius 1 is 1.00 bits per heavy atom. The van der Waals surface area contributed by atoms with Gasteiger partial charge in [0.15, 0.2) is 0 Å². The van der Waals surface area contributed by atoms with Gasteiger partial charge in [-0.3, -0.25) is 9.69 Å². The summed E-state index contributed by atoms with van der Waals surface area (Å²) in [4.78, 5) is 15.7. The number of carbonyl (C=O) groups is 1. The Morgan fingerprint density at radius 3 is 2.31 bits per heavy atom. The number of likely N-dealkylation sites (tertiary alicyclic amines) is 1. The fourth-order valence-electron chi connectivity index (χ4n) is 5.59. The molecule has 1 aliphatic rings. The van der Waals surface area contributed by atoms with Crippen LogP contribution < -0.4 is 5.32 Å². The van der Waals surface area contributed by atoms with Crippen molar-refractivity contribution in [1.29, 1.82) is 0 Å². The average Bonchev–Trinajstić information content (AvgIpc) is 3.03. The zero-order chi connectivity index (χ0) is 29.8. The van der Waals surface area contributed by atoms with Crippen LogP contribution >= 0.6 is 0 Å². The number of ether oxygens (including phenoxy) is 1. The third kappa shape index (κ3) is 8.98. The molecule has 1 N–H and O–H groups in total. The van der Waals surface area contributed by atoms with E-state index in [-0.39, 0.29) is 24.0 Å². The monoisotopic (exact) mass is 591 g/mol. The quantitative estimate of drug-likeness (QED) is 0.182. The predicted octanol–water partition coefficient (Wildman–Crippen LogP) is 5.65. The number of piperidine rings is 1. The van der Waals surface area contributed by atoms with E-state index in [1.165, 1.54) is 4.31 Å². The predicted molar refractivity (Wildman–Crippen MR) is 167 cm³/mol. The molecule has 4 rings (SSSR count). The third-order valence-corrected chi connectivity index (χ3v) is 9.98. The highest BCUT2D eigenvalue weighted by atomic mass is 32.2. The van der Waals surface area contributed by atoms with Crippen molar-refractivity contribution in [3.05, 3.63) is 102 Å². The molecule has 1 aliphatic heterocycles. The summed E-state index contributed by atoms with van der Waals surface area (Å²) < 4.78 is 33.8. The van der Waals surface area contributed by atoms with Gasteiger partial charge in [-0.15, -0.1) is 0 Å². The maximum absolute atomic E-state index is 13.3. The maximum Gasteiger partial charge on any atom is 0.309 e. The summed E-state index contributed by atoms with van der Waals surface area (Å²) >= 11 is 0. The Bertz CT molecular complexity index is 1320. The SMILES string of the molecule is CCCCNC1CC(C(=O)OCc2ccccc2)CCN1CCC(CN(C)S(=O)(=O)c1ccccc1)c1ccccc1. The summed E-state index contributed by atoms with van der Waals surface area (Å²) in [5.74, 6) is -0.244. The molecular weight excluding hydrogens is 546 g/mol. The number of nitrogens with one attached hydrogen (secondary N) is 1. The number of esters is 1. The Morgan fingerprint density at radius 2 is 1.64 bits per heavy atom. The summed E-state index contributed by atoms with van der Waals surface area (Å²) in [6, 6.07) is 28.6. The molecule has 0 radical (unpaired) electrons. The number of hydrogen-bond donors (Lipinski definition) is 1. The topological polar surface area (TPSA) is 79.0 Å². The van der Waals surface area contributed by atoms with Crippen molar-refractivity contribution in [2.45, 2.75) is 62.6 Å². The number of unbranched alkanes of at least 4 members (excludes halogenated alkanes) is 1. The summed E-state index contributed by atoms with van der Waals surface area (Å²) in [6.07, 6.45) is 4.49. The minimum atomic E-state index is -3.60. The number of carbonyl (C=O) groups excluding carboxylic acids is 1. The van der Waals surface area contributed by atoms with Crippen LogP contribution in [0.15, 0.2) is 95.9 Å². The van der Waals surface area contributed by atoms with Gasteiger partial charge >= 0.3 is 5.97 Å². The Labute approximate surface area is 251 Å². The van der Waals surface area contributed by atoms with Crippen LogP contribution in [0.2, 0.25) is 0 Å². The lowest BCUT2D eigenvalue weighted by molar-refractivity contribution is -0.152. The second-order valence-corrected chi connectivity index (χ2v) is 13.2. The lowest BCUT2D eigenvalue weighted by Crippen LogP contribution is -2.52. The highest BCUT2D eigenvalue weighted by Gasteiger charge is 2.33. The first kappa shape index (κ1) is 31.9. The minimum Gasteiger partial charge on any atom is -0.461 e. The van der Waals surface area contributed by atoms with Crippen LogP contribution in [0.4, 0.5) is 0 Å². The van der Waals surface area contributed by atoms with Gasteiger partial charge in [-0.05, 0) is 61.4 Å². The largest absolute Gasteiger partial charge is 0.461 e. The molecule has 0 amide bonds. The average molecular weight is 592 g/mol. The summed E-state index contributed by atoms with van der Waals surface area (Å²) in [5.41, 5.74) is 2.12. The van der Waals surface area contributed by atoms with E-state index in [4.69, 9.17) is 4.74 Å². The van der Waals surface area contributed by atoms with Gasteiger partial charge in [0.1, 0.15) is 6.61 Å². The molecule has 226 valence electrons. The lowest BCUT2D eigenvalue weighted by Gasteiger charge is -2.40. The molecular formula is C34H45N3O4S. The second kappa shape index (κ2) is 16.0. The van der Waals surface area contributed by atoms with Crippen molar-refractivity contribution in [1.82, 2.24) is 14.5 Å². The van der Waals surface area contributed by atoms with E-state index in [0.717, 1.165) is 56.4 Å². The van der Waals surface area contributed by atoms with Gasteiger partial charge in [-0.25, -0.2) is 12.7 Å². The molecule has 1 heterocycles. The zero-order valence-corrected chi connectivity index (χ0v) is 25.7. The highest BCUT2D eigenvalue weighted by molar-refractivity contribution is 7.89. The number of likely N-dealkylation sites (N-methyl/N-ethyl adjacent to an activating group) is 1. The fourth-order valence-corrected chi connectivity index (χ4v) is 6.83.